The first kappa shape index (κ1) is 17.6. The minimum Gasteiger partial charge on any atom is -0.370 e. The summed E-state index contributed by atoms with van der Waals surface area (Å²) in [4.78, 5) is 17.0. The van der Waals surface area contributed by atoms with Crippen molar-refractivity contribution in [1.82, 2.24) is 15.1 Å². The summed E-state index contributed by atoms with van der Waals surface area (Å²) in [5.41, 5.74) is 2.03. The van der Waals surface area contributed by atoms with E-state index in [0.29, 0.717) is 6.04 Å². The van der Waals surface area contributed by atoms with Crippen LogP contribution in [0.1, 0.15) is 25.7 Å². The van der Waals surface area contributed by atoms with E-state index >= 15 is 0 Å². The van der Waals surface area contributed by atoms with Gasteiger partial charge in [-0.15, -0.1) is 5.10 Å². The topological polar surface area (TPSA) is 73.4 Å². The lowest BCUT2D eigenvalue weighted by Crippen LogP contribution is -2.44. The molecule has 0 radical (unpaired) electrons. The summed E-state index contributed by atoms with van der Waals surface area (Å²) in [5, 5.41) is 14.5. The first-order chi connectivity index (χ1) is 13.3. The van der Waals surface area contributed by atoms with E-state index in [1.807, 2.05) is 35.2 Å². The molecule has 2 N–H and O–H groups in total. The van der Waals surface area contributed by atoms with Crippen LogP contribution >= 0.6 is 0 Å². The number of aromatic nitrogens is 2. The third-order valence-corrected chi connectivity index (χ3v) is 5.30. The molecular formula is C20H26N6O. The lowest BCUT2D eigenvalue weighted by atomic mass is 10.1. The van der Waals surface area contributed by atoms with Gasteiger partial charge in [0.05, 0.1) is 11.4 Å². The van der Waals surface area contributed by atoms with Crippen LogP contribution in [0.4, 0.5) is 22.0 Å². The molecule has 2 aliphatic rings. The van der Waals surface area contributed by atoms with E-state index in [2.05, 4.69) is 31.8 Å². The second kappa shape index (κ2) is 8.24. The zero-order valence-electron chi connectivity index (χ0n) is 15.5. The van der Waals surface area contributed by atoms with Crippen molar-refractivity contribution in [2.45, 2.75) is 31.7 Å². The Bertz CT molecular complexity index is 754. The lowest BCUT2D eigenvalue weighted by Gasteiger charge is -2.33. The van der Waals surface area contributed by atoms with Gasteiger partial charge >= 0.3 is 6.03 Å². The van der Waals surface area contributed by atoms with Crippen molar-refractivity contribution < 1.29 is 4.79 Å². The fourth-order valence-corrected chi connectivity index (χ4v) is 3.82. The van der Waals surface area contributed by atoms with Gasteiger partial charge in [0.15, 0.2) is 0 Å². The van der Waals surface area contributed by atoms with Crippen LogP contribution in [0.15, 0.2) is 42.6 Å². The molecule has 2 amide bonds. The molecule has 3 heterocycles. The molecule has 142 valence electrons. The van der Waals surface area contributed by atoms with E-state index in [9.17, 15) is 4.79 Å². The van der Waals surface area contributed by atoms with Gasteiger partial charge in [-0.05, 0) is 49.9 Å². The smallest absolute Gasteiger partial charge is 0.321 e. The summed E-state index contributed by atoms with van der Waals surface area (Å²) >= 11 is 0. The molecule has 0 atom stereocenters. The first-order valence-corrected chi connectivity index (χ1v) is 9.74. The SMILES string of the molecule is O=C(Nc1ccccc1N1CCCC1)N1CCC(Nc2cccnn2)CC1. The van der Waals surface area contributed by atoms with Crippen molar-refractivity contribution in [2.24, 2.45) is 0 Å². The highest BCUT2D eigenvalue weighted by atomic mass is 16.2. The number of hydrogen-bond donors (Lipinski definition) is 2. The van der Waals surface area contributed by atoms with E-state index in [1.165, 1.54) is 12.8 Å². The molecule has 2 saturated heterocycles. The zero-order valence-corrected chi connectivity index (χ0v) is 15.5. The van der Waals surface area contributed by atoms with Gasteiger partial charge < -0.3 is 20.4 Å². The standard InChI is InChI=1S/C20H26N6O/c27-20(23-17-6-1-2-7-18(17)25-12-3-4-13-25)26-14-9-16(10-15-26)22-19-8-5-11-21-24-19/h1-2,5-8,11,16H,3-4,9-10,12-15H2,(H,22,24)(H,23,27). The number of hydrogen-bond acceptors (Lipinski definition) is 5. The molecule has 0 unspecified atom stereocenters. The number of anilines is 3. The number of para-hydroxylation sites is 2. The number of nitrogens with zero attached hydrogens (tertiary/aromatic N) is 4. The van der Waals surface area contributed by atoms with Crippen molar-refractivity contribution in [3.63, 3.8) is 0 Å². The number of piperidine rings is 1. The molecule has 7 nitrogen and oxygen atoms in total. The highest BCUT2D eigenvalue weighted by molar-refractivity contribution is 5.93. The molecule has 2 fully saturated rings. The Morgan fingerprint density at radius 1 is 1.00 bits per heavy atom. The molecule has 0 aliphatic carbocycles. The van der Waals surface area contributed by atoms with Crippen LogP contribution in [0.3, 0.4) is 0 Å². The predicted octanol–water partition coefficient (Wildman–Crippen LogP) is 3.19. The van der Waals surface area contributed by atoms with Crippen LogP contribution in [0, 0.1) is 0 Å². The van der Waals surface area contributed by atoms with Gasteiger partial charge in [0.25, 0.3) is 0 Å². The number of likely N-dealkylation sites (tertiary alicyclic amines) is 1. The summed E-state index contributed by atoms with van der Waals surface area (Å²) in [7, 11) is 0. The molecule has 1 aromatic carbocycles. The Kier molecular flexibility index (Phi) is 5.37. The molecule has 27 heavy (non-hydrogen) atoms. The van der Waals surface area contributed by atoms with E-state index < -0.39 is 0 Å². The predicted molar refractivity (Wildman–Crippen MR) is 107 cm³/mol. The molecule has 2 aliphatic heterocycles. The number of rotatable bonds is 4. The van der Waals surface area contributed by atoms with Gasteiger partial charge in [0.2, 0.25) is 0 Å². The fourth-order valence-electron chi connectivity index (χ4n) is 3.82. The molecule has 0 saturated carbocycles. The van der Waals surface area contributed by atoms with Crippen molar-refractivity contribution in [2.75, 3.05) is 41.7 Å². The minimum atomic E-state index is -0.0143. The van der Waals surface area contributed by atoms with Crippen molar-refractivity contribution in [1.29, 1.82) is 0 Å². The van der Waals surface area contributed by atoms with E-state index in [4.69, 9.17) is 0 Å². The second-order valence-corrected chi connectivity index (χ2v) is 7.16. The number of carbonyl (C=O) groups excluding carboxylic acids is 1. The van der Waals surface area contributed by atoms with Crippen LogP contribution < -0.4 is 15.5 Å². The maximum absolute atomic E-state index is 12.8. The second-order valence-electron chi connectivity index (χ2n) is 7.16. The normalized spacial score (nSPS) is 17.8. The zero-order chi connectivity index (χ0) is 18.5. The van der Waals surface area contributed by atoms with E-state index in [-0.39, 0.29) is 6.03 Å². The Hall–Kier alpha value is -2.83. The van der Waals surface area contributed by atoms with Crippen LogP contribution in [0.2, 0.25) is 0 Å². The highest BCUT2D eigenvalue weighted by Gasteiger charge is 2.24. The third kappa shape index (κ3) is 4.30. The number of amides is 2. The van der Waals surface area contributed by atoms with Gasteiger partial charge in [-0.2, -0.15) is 5.10 Å². The molecule has 0 bridgehead atoms. The quantitative estimate of drug-likeness (QED) is 0.869. The van der Waals surface area contributed by atoms with Crippen LogP contribution in [-0.2, 0) is 0 Å². The van der Waals surface area contributed by atoms with E-state index in [1.54, 1.807) is 6.20 Å². The Labute approximate surface area is 159 Å². The maximum atomic E-state index is 12.8. The average Bonchev–Trinajstić information content (AvgIpc) is 3.24. The first-order valence-electron chi connectivity index (χ1n) is 9.74. The van der Waals surface area contributed by atoms with Gasteiger partial charge in [0, 0.05) is 38.4 Å². The Morgan fingerprint density at radius 3 is 2.52 bits per heavy atom. The third-order valence-electron chi connectivity index (χ3n) is 5.30. The van der Waals surface area contributed by atoms with Crippen molar-refractivity contribution in [3.8, 4) is 0 Å². The summed E-state index contributed by atoms with van der Waals surface area (Å²) in [6.45, 7) is 3.59. The summed E-state index contributed by atoms with van der Waals surface area (Å²) in [5.74, 6) is 0.792. The van der Waals surface area contributed by atoms with Crippen LogP contribution in [-0.4, -0.2) is 53.3 Å². The van der Waals surface area contributed by atoms with E-state index in [0.717, 1.165) is 56.2 Å². The maximum Gasteiger partial charge on any atom is 0.321 e. The average molecular weight is 366 g/mol. The van der Waals surface area contributed by atoms with Crippen molar-refractivity contribution in [3.05, 3.63) is 42.6 Å². The number of benzene rings is 1. The molecule has 1 aromatic heterocycles. The molecule has 7 heteroatoms. The Balaban J connectivity index is 1.32. The van der Waals surface area contributed by atoms with Gasteiger partial charge in [-0.3, -0.25) is 0 Å². The van der Waals surface area contributed by atoms with Crippen LogP contribution in [0.5, 0.6) is 0 Å². The number of urea groups is 1. The van der Waals surface area contributed by atoms with Crippen LogP contribution in [0.25, 0.3) is 0 Å². The minimum absolute atomic E-state index is 0.0143. The molecule has 2 aromatic rings. The summed E-state index contributed by atoms with van der Waals surface area (Å²) < 4.78 is 0. The van der Waals surface area contributed by atoms with Gasteiger partial charge in [-0.1, -0.05) is 12.1 Å². The summed E-state index contributed by atoms with van der Waals surface area (Å²) in [6.07, 6.45) is 5.90. The highest BCUT2D eigenvalue weighted by Crippen LogP contribution is 2.29. The largest absolute Gasteiger partial charge is 0.370 e. The molecular weight excluding hydrogens is 340 g/mol. The lowest BCUT2D eigenvalue weighted by molar-refractivity contribution is 0.197. The Morgan fingerprint density at radius 2 is 1.78 bits per heavy atom. The van der Waals surface area contributed by atoms with Gasteiger partial charge in [0.1, 0.15) is 5.82 Å². The number of nitrogens with one attached hydrogen (secondary N) is 2. The molecule has 0 spiro atoms. The fraction of sp³-hybridized carbons (Fsp3) is 0.450. The van der Waals surface area contributed by atoms with Crippen molar-refractivity contribution >= 4 is 23.2 Å². The molecule has 4 rings (SSSR count). The number of carbonyl (C=O) groups is 1. The van der Waals surface area contributed by atoms with Gasteiger partial charge in [-0.25, -0.2) is 4.79 Å². The summed E-state index contributed by atoms with van der Waals surface area (Å²) in [6, 6.07) is 12.2. The monoisotopic (exact) mass is 366 g/mol.